The Labute approximate surface area is 69.7 Å². The second kappa shape index (κ2) is 4.55. The van der Waals surface area contributed by atoms with Gasteiger partial charge in [-0.25, -0.2) is 0 Å². The molecule has 2 N–H and O–H groups in total. The SMILES string of the molecule is C=CCCCC1CCC1CN. The molecule has 1 heteroatoms. The van der Waals surface area contributed by atoms with Crippen molar-refractivity contribution in [1.29, 1.82) is 0 Å². The largest absolute Gasteiger partial charge is 0.330 e. The average Bonchev–Trinajstić information content (AvgIpc) is 1.97. The fourth-order valence-corrected chi connectivity index (χ4v) is 1.85. The van der Waals surface area contributed by atoms with Crippen LogP contribution in [0.25, 0.3) is 0 Å². The van der Waals surface area contributed by atoms with E-state index >= 15 is 0 Å². The van der Waals surface area contributed by atoms with Crippen LogP contribution >= 0.6 is 0 Å². The van der Waals surface area contributed by atoms with Crippen LogP contribution in [0.2, 0.25) is 0 Å². The summed E-state index contributed by atoms with van der Waals surface area (Å²) in [5, 5.41) is 0. The second-order valence-electron chi connectivity index (χ2n) is 3.55. The minimum atomic E-state index is 0.847. The van der Waals surface area contributed by atoms with Crippen molar-refractivity contribution >= 4 is 0 Å². The molecule has 0 aliphatic heterocycles. The maximum atomic E-state index is 5.61. The lowest BCUT2D eigenvalue weighted by Crippen LogP contribution is -2.32. The summed E-state index contributed by atoms with van der Waals surface area (Å²) in [6.45, 7) is 4.62. The average molecular weight is 153 g/mol. The zero-order chi connectivity index (χ0) is 8.10. The molecule has 0 bridgehead atoms. The van der Waals surface area contributed by atoms with Crippen LogP contribution in [-0.4, -0.2) is 6.54 Å². The summed E-state index contributed by atoms with van der Waals surface area (Å²) in [7, 11) is 0. The van der Waals surface area contributed by atoms with E-state index in [-0.39, 0.29) is 0 Å². The van der Waals surface area contributed by atoms with Gasteiger partial charge in [-0.15, -0.1) is 6.58 Å². The summed E-state index contributed by atoms with van der Waals surface area (Å²) in [6.07, 6.45) is 8.65. The van der Waals surface area contributed by atoms with Gasteiger partial charge in [0.1, 0.15) is 0 Å². The predicted octanol–water partition coefficient (Wildman–Crippen LogP) is 2.33. The van der Waals surface area contributed by atoms with E-state index in [2.05, 4.69) is 6.58 Å². The molecule has 0 aromatic heterocycles. The molecule has 0 heterocycles. The van der Waals surface area contributed by atoms with Crippen LogP contribution in [0.4, 0.5) is 0 Å². The molecule has 1 aliphatic carbocycles. The maximum absolute atomic E-state index is 5.61. The summed E-state index contributed by atoms with van der Waals surface area (Å²) < 4.78 is 0. The number of hydrogen-bond donors (Lipinski definition) is 1. The van der Waals surface area contributed by atoms with Crippen LogP contribution in [0, 0.1) is 11.8 Å². The Morgan fingerprint density at radius 2 is 2.09 bits per heavy atom. The van der Waals surface area contributed by atoms with Crippen molar-refractivity contribution in [2.24, 2.45) is 17.6 Å². The molecule has 0 aromatic rings. The number of unbranched alkanes of at least 4 members (excludes halogenated alkanes) is 1. The predicted molar refractivity (Wildman–Crippen MR) is 49.3 cm³/mol. The molecule has 2 atom stereocenters. The molecule has 64 valence electrons. The van der Waals surface area contributed by atoms with Crippen LogP contribution in [-0.2, 0) is 0 Å². The molecule has 1 nitrogen and oxygen atoms in total. The fraction of sp³-hybridized carbons (Fsp3) is 0.800. The summed E-state index contributed by atoms with van der Waals surface area (Å²) in [4.78, 5) is 0. The van der Waals surface area contributed by atoms with Crippen LogP contribution in [0.5, 0.6) is 0 Å². The van der Waals surface area contributed by atoms with Gasteiger partial charge in [0.2, 0.25) is 0 Å². The Balaban J connectivity index is 2.02. The number of rotatable bonds is 5. The Hall–Kier alpha value is -0.300. The van der Waals surface area contributed by atoms with Gasteiger partial charge in [0.05, 0.1) is 0 Å². The van der Waals surface area contributed by atoms with Crippen LogP contribution in [0.3, 0.4) is 0 Å². The van der Waals surface area contributed by atoms with E-state index in [1.165, 1.54) is 32.1 Å². The zero-order valence-corrected chi connectivity index (χ0v) is 7.26. The molecule has 0 radical (unpaired) electrons. The number of hydrogen-bond acceptors (Lipinski definition) is 1. The standard InChI is InChI=1S/C10H19N/c1-2-3-4-5-9-6-7-10(9)8-11/h2,9-10H,1,3-8,11H2. The van der Waals surface area contributed by atoms with Gasteiger partial charge < -0.3 is 5.73 Å². The van der Waals surface area contributed by atoms with Crippen molar-refractivity contribution < 1.29 is 0 Å². The van der Waals surface area contributed by atoms with E-state index in [4.69, 9.17) is 5.73 Å². The zero-order valence-electron chi connectivity index (χ0n) is 7.26. The van der Waals surface area contributed by atoms with E-state index in [1.807, 2.05) is 6.08 Å². The van der Waals surface area contributed by atoms with E-state index in [0.29, 0.717) is 0 Å². The first-order chi connectivity index (χ1) is 5.38. The minimum Gasteiger partial charge on any atom is -0.330 e. The lowest BCUT2D eigenvalue weighted by molar-refractivity contribution is 0.169. The Morgan fingerprint density at radius 1 is 1.36 bits per heavy atom. The quantitative estimate of drug-likeness (QED) is 0.476. The summed E-state index contributed by atoms with van der Waals surface area (Å²) in [5.41, 5.74) is 5.61. The fourth-order valence-electron chi connectivity index (χ4n) is 1.85. The van der Waals surface area contributed by atoms with Gasteiger partial charge in [-0.05, 0) is 50.5 Å². The lowest BCUT2D eigenvalue weighted by atomic mass is 9.71. The van der Waals surface area contributed by atoms with Crippen molar-refractivity contribution in [3.63, 3.8) is 0 Å². The number of nitrogens with two attached hydrogens (primary N) is 1. The first kappa shape index (κ1) is 8.79. The molecule has 1 fully saturated rings. The highest BCUT2D eigenvalue weighted by Crippen LogP contribution is 2.36. The van der Waals surface area contributed by atoms with Gasteiger partial charge in [0, 0.05) is 0 Å². The maximum Gasteiger partial charge on any atom is -0.00462 e. The van der Waals surface area contributed by atoms with E-state index < -0.39 is 0 Å². The van der Waals surface area contributed by atoms with Crippen molar-refractivity contribution in [2.75, 3.05) is 6.54 Å². The molecule has 1 saturated carbocycles. The summed E-state index contributed by atoms with van der Waals surface area (Å²) in [5.74, 6) is 1.79. The number of allylic oxidation sites excluding steroid dienone is 1. The molecule has 1 rings (SSSR count). The molecule has 1 aliphatic rings. The van der Waals surface area contributed by atoms with Crippen molar-refractivity contribution in [3.8, 4) is 0 Å². The normalized spacial score (nSPS) is 29.5. The first-order valence-corrected chi connectivity index (χ1v) is 4.69. The third-order valence-electron chi connectivity index (χ3n) is 2.86. The van der Waals surface area contributed by atoms with E-state index in [9.17, 15) is 0 Å². The minimum absolute atomic E-state index is 0.847. The topological polar surface area (TPSA) is 26.0 Å². The molecule has 0 saturated heterocycles. The van der Waals surface area contributed by atoms with Gasteiger partial charge in [-0.1, -0.05) is 6.08 Å². The molecular formula is C10H19N. The van der Waals surface area contributed by atoms with E-state index in [0.717, 1.165) is 18.4 Å². The van der Waals surface area contributed by atoms with Gasteiger partial charge in [-0.2, -0.15) is 0 Å². The molecule has 0 amide bonds. The Bertz CT molecular complexity index is 118. The molecule has 0 spiro atoms. The monoisotopic (exact) mass is 153 g/mol. The smallest absolute Gasteiger partial charge is 0.00462 e. The molecule has 11 heavy (non-hydrogen) atoms. The Kier molecular flexibility index (Phi) is 3.64. The molecule has 2 unspecified atom stereocenters. The van der Waals surface area contributed by atoms with Gasteiger partial charge in [0.25, 0.3) is 0 Å². The second-order valence-corrected chi connectivity index (χ2v) is 3.55. The first-order valence-electron chi connectivity index (χ1n) is 4.69. The van der Waals surface area contributed by atoms with Gasteiger partial charge in [-0.3, -0.25) is 0 Å². The summed E-state index contributed by atoms with van der Waals surface area (Å²) >= 11 is 0. The molecule has 0 aromatic carbocycles. The highest BCUT2D eigenvalue weighted by atomic mass is 14.6. The van der Waals surface area contributed by atoms with Crippen molar-refractivity contribution in [2.45, 2.75) is 32.1 Å². The van der Waals surface area contributed by atoms with Crippen LogP contribution in [0.15, 0.2) is 12.7 Å². The van der Waals surface area contributed by atoms with Crippen molar-refractivity contribution in [3.05, 3.63) is 12.7 Å². The van der Waals surface area contributed by atoms with Crippen LogP contribution < -0.4 is 5.73 Å². The highest BCUT2D eigenvalue weighted by molar-refractivity contribution is 4.81. The van der Waals surface area contributed by atoms with Gasteiger partial charge in [0.15, 0.2) is 0 Å². The highest BCUT2D eigenvalue weighted by Gasteiger charge is 2.28. The third kappa shape index (κ3) is 2.33. The molecular weight excluding hydrogens is 134 g/mol. The van der Waals surface area contributed by atoms with Gasteiger partial charge >= 0.3 is 0 Å². The van der Waals surface area contributed by atoms with Crippen molar-refractivity contribution in [1.82, 2.24) is 0 Å². The third-order valence-corrected chi connectivity index (χ3v) is 2.86. The van der Waals surface area contributed by atoms with Crippen LogP contribution in [0.1, 0.15) is 32.1 Å². The Morgan fingerprint density at radius 3 is 2.55 bits per heavy atom. The lowest BCUT2D eigenvalue weighted by Gasteiger charge is -2.35. The van der Waals surface area contributed by atoms with E-state index in [1.54, 1.807) is 0 Å². The summed E-state index contributed by atoms with van der Waals surface area (Å²) in [6, 6.07) is 0.